The minimum absolute atomic E-state index is 0.0814. The summed E-state index contributed by atoms with van der Waals surface area (Å²) in [6, 6.07) is 8.84. The summed E-state index contributed by atoms with van der Waals surface area (Å²) in [6.45, 7) is 4.95. The molecule has 144 valence electrons. The molecule has 1 heterocycles. The van der Waals surface area contributed by atoms with Crippen LogP contribution in [-0.2, 0) is 14.3 Å². The van der Waals surface area contributed by atoms with Crippen LogP contribution in [0.15, 0.2) is 47.1 Å². The lowest BCUT2D eigenvalue weighted by Gasteiger charge is -2.22. The number of hydrogen-bond donors (Lipinski definition) is 2. The molecule has 0 aliphatic rings. The highest BCUT2D eigenvalue weighted by atomic mass is 35.5. The average Bonchev–Trinajstić information content (AvgIpc) is 3.15. The van der Waals surface area contributed by atoms with Crippen LogP contribution in [0.25, 0.3) is 0 Å². The van der Waals surface area contributed by atoms with Gasteiger partial charge in [-0.3, -0.25) is 9.59 Å². The summed E-state index contributed by atoms with van der Waals surface area (Å²) in [7, 11) is 0. The van der Waals surface area contributed by atoms with Crippen molar-refractivity contribution in [2.45, 2.75) is 32.9 Å². The SMILES string of the molecule is CC(C)[C@H](NC(=O)c1ccco1)C(=O)O[C@@H](C)C(=O)Nc1ccccc1Cl. The number of anilines is 1. The highest BCUT2D eigenvalue weighted by molar-refractivity contribution is 6.33. The molecule has 2 N–H and O–H groups in total. The van der Waals surface area contributed by atoms with Gasteiger partial charge in [-0.2, -0.15) is 0 Å². The van der Waals surface area contributed by atoms with E-state index >= 15 is 0 Å². The second-order valence-electron chi connectivity index (χ2n) is 6.22. The highest BCUT2D eigenvalue weighted by Gasteiger charge is 2.30. The zero-order valence-corrected chi connectivity index (χ0v) is 15.9. The van der Waals surface area contributed by atoms with Crippen molar-refractivity contribution in [3.05, 3.63) is 53.4 Å². The van der Waals surface area contributed by atoms with Crippen molar-refractivity contribution in [2.75, 3.05) is 5.32 Å². The quantitative estimate of drug-likeness (QED) is 0.705. The predicted octanol–water partition coefficient (Wildman–Crippen LogP) is 3.26. The first-order valence-corrected chi connectivity index (χ1v) is 8.77. The molecular weight excluding hydrogens is 372 g/mol. The molecule has 2 rings (SSSR count). The van der Waals surface area contributed by atoms with E-state index in [1.807, 2.05) is 0 Å². The van der Waals surface area contributed by atoms with Gasteiger partial charge in [-0.25, -0.2) is 4.79 Å². The Morgan fingerprint density at radius 2 is 1.78 bits per heavy atom. The zero-order chi connectivity index (χ0) is 20.0. The molecule has 7 nitrogen and oxygen atoms in total. The fraction of sp³-hybridized carbons (Fsp3) is 0.316. The second kappa shape index (κ2) is 9.23. The summed E-state index contributed by atoms with van der Waals surface area (Å²) >= 11 is 6.00. The van der Waals surface area contributed by atoms with Gasteiger partial charge in [0, 0.05) is 0 Å². The Kier molecular flexibility index (Phi) is 7.01. The van der Waals surface area contributed by atoms with Gasteiger partial charge in [-0.05, 0) is 37.1 Å². The van der Waals surface area contributed by atoms with E-state index in [4.69, 9.17) is 20.8 Å². The molecule has 27 heavy (non-hydrogen) atoms. The number of carbonyl (C=O) groups excluding carboxylic acids is 3. The van der Waals surface area contributed by atoms with Gasteiger partial charge < -0.3 is 19.8 Å². The molecule has 8 heteroatoms. The lowest BCUT2D eigenvalue weighted by molar-refractivity contribution is -0.156. The first-order chi connectivity index (χ1) is 12.8. The molecule has 0 aliphatic carbocycles. The molecule has 0 fully saturated rings. The smallest absolute Gasteiger partial charge is 0.329 e. The van der Waals surface area contributed by atoms with Crippen molar-refractivity contribution in [1.29, 1.82) is 0 Å². The Morgan fingerprint density at radius 3 is 2.37 bits per heavy atom. The number of hydrogen-bond acceptors (Lipinski definition) is 5. The van der Waals surface area contributed by atoms with Crippen LogP contribution in [0.5, 0.6) is 0 Å². The standard InChI is InChI=1S/C19H21ClN2O5/c1-11(2)16(22-18(24)15-9-6-10-26-15)19(25)27-12(3)17(23)21-14-8-5-4-7-13(14)20/h4-12,16H,1-3H3,(H,21,23)(H,22,24)/t12-,16-/m0/s1. The number of furan rings is 1. The number of para-hydroxylation sites is 1. The van der Waals surface area contributed by atoms with Gasteiger partial charge in [0.2, 0.25) is 0 Å². The lowest BCUT2D eigenvalue weighted by Crippen LogP contribution is -2.47. The summed E-state index contributed by atoms with van der Waals surface area (Å²) in [5.74, 6) is -1.96. The molecule has 0 spiro atoms. The third-order valence-corrected chi connectivity index (χ3v) is 4.08. The van der Waals surface area contributed by atoms with Gasteiger partial charge in [-0.1, -0.05) is 37.6 Å². The van der Waals surface area contributed by atoms with Crippen molar-refractivity contribution in [1.82, 2.24) is 5.32 Å². The van der Waals surface area contributed by atoms with Crippen molar-refractivity contribution < 1.29 is 23.5 Å². The molecule has 0 saturated carbocycles. The van der Waals surface area contributed by atoms with Crippen LogP contribution in [-0.4, -0.2) is 29.9 Å². The summed E-state index contributed by atoms with van der Waals surface area (Å²) in [4.78, 5) is 36.8. The van der Waals surface area contributed by atoms with Gasteiger partial charge in [0.1, 0.15) is 6.04 Å². The molecule has 0 bridgehead atoms. The molecule has 2 atom stereocenters. The molecule has 0 unspecified atom stereocenters. The Bertz CT molecular complexity index is 804. The third-order valence-electron chi connectivity index (χ3n) is 3.75. The third kappa shape index (κ3) is 5.59. The summed E-state index contributed by atoms with van der Waals surface area (Å²) in [5, 5.41) is 5.53. The maximum absolute atomic E-state index is 12.5. The normalized spacial score (nSPS) is 12.9. The number of carbonyl (C=O) groups is 3. The monoisotopic (exact) mass is 392 g/mol. The van der Waals surface area contributed by atoms with E-state index in [0.29, 0.717) is 10.7 Å². The van der Waals surface area contributed by atoms with Gasteiger partial charge >= 0.3 is 5.97 Å². The van der Waals surface area contributed by atoms with E-state index in [1.54, 1.807) is 44.2 Å². The Labute approximate surface area is 162 Å². The van der Waals surface area contributed by atoms with Gasteiger partial charge in [0.25, 0.3) is 11.8 Å². The summed E-state index contributed by atoms with van der Waals surface area (Å²) in [6.07, 6.45) is 0.286. The molecule has 1 aromatic heterocycles. The topological polar surface area (TPSA) is 97.6 Å². The van der Waals surface area contributed by atoms with E-state index in [9.17, 15) is 14.4 Å². The lowest BCUT2D eigenvalue weighted by atomic mass is 10.0. The molecule has 2 aromatic rings. The van der Waals surface area contributed by atoms with E-state index in [-0.39, 0.29) is 11.7 Å². The molecule has 1 aromatic carbocycles. The van der Waals surface area contributed by atoms with Crippen molar-refractivity contribution in [2.24, 2.45) is 5.92 Å². The van der Waals surface area contributed by atoms with E-state index < -0.39 is 29.9 Å². The number of benzene rings is 1. The van der Waals surface area contributed by atoms with Crippen LogP contribution >= 0.6 is 11.6 Å². The number of ether oxygens (including phenoxy) is 1. The number of esters is 1. The Morgan fingerprint density at radius 1 is 1.07 bits per heavy atom. The van der Waals surface area contributed by atoms with E-state index in [2.05, 4.69) is 10.6 Å². The van der Waals surface area contributed by atoms with Crippen LogP contribution in [0.1, 0.15) is 31.3 Å². The molecule has 0 radical (unpaired) electrons. The number of halogens is 1. The summed E-state index contributed by atoms with van der Waals surface area (Å²) in [5.41, 5.74) is 0.415. The minimum Gasteiger partial charge on any atom is -0.459 e. The number of nitrogens with one attached hydrogen (secondary N) is 2. The first kappa shape index (κ1) is 20.5. The van der Waals surface area contributed by atoms with Gasteiger partial charge in [0.15, 0.2) is 11.9 Å². The summed E-state index contributed by atoms with van der Waals surface area (Å²) < 4.78 is 10.2. The largest absolute Gasteiger partial charge is 0.459 e. The molecule has 0 aliphatic heterocycles. The van der Waals surface area contributed by atoms with Crippen molar-refractivity contribution >= 4 is 35.1 Å². The zero-order valence-electron chi connectivity index (χ0n) is 15.2. The molecule has 0 saturated heterocycles. The number of rotatable bonds is 7. The fourth-order valence-electron chi connectivity index (χ4n) is 2.22. The van der Waals surface area contributed by atoms with Gasteiger partial charge in [-0.15, -0.1) is 0 Å². The van der Waals surface area contributed by atoms with Crippen LogP contribution in [0.2, 0.25) is 5.02 Å². The van der Waals surface area contributed by atoms with Crippen LogP contribution in [0, 0.1) is 5.92 Å². The van der Waals surface area contributed by atoms with Crippen LogP contribution in [0.3, 0.4) is 0 Å². The highest BCUT2D eigenvalue weighted by Crippen LogP contribution is 2.20. The number of amides is 2. The van der Waals surface area contributed by atoms with Crippen molar-refractivity contribution in [3.63, 3.8) is 0 Å². The molecular formula is C19H21ClN2O5. The molecule has 2 amide bonds. The van der Waals surface area contributed by atoms with Crippen molar-refractivity contribution in [3.8, 4) is 0 Å². The first-order valence-electron chi connectivity index (χ1n) is 8.40. The predicted molar refractivity (Wildman–Crippen MR) is 100 cm³/mol. The van der Waals surface area contributed by atoms with E-state index in [1.165, 1.54) is 19.3 Å². The van der Waals surface area contributed by atoms with Crippen LogP contribution < -0.4 is 10.6 Å². The fourth-order valence-corrected chi connectivity index (χ4v) is 2.40. The van der Waals surface area contributed by atoms with Crippen LogP contribution in [0.4, 0.5) is 5.69 Å². The average molecular weight is 393 g/mol. The van der Waals surface area contributed by atoms with E-state index in [0.717, 1.165) is 0 Å². The maximum Gasteiger partial charge on any atom is 0.329 e. The minimum atomic E-state index is -1.07. The second-order valence-corrected chi connectivity index (χ2v) is 6.63. The Balaban J connectivity index is 1.98. The maximum atomic E-state index is 12.5. The van der Waals surface area contributed by atoms with Gasteiger partial charge in [0.05, 0.1) is 17.0 Å². The Hall–Kier alpha value is -2.80.